The average Bonchev–Trinajstić information content (AvgIpc) is 2.36. The Bertz CT molecular complexity index is 444. The van der Waals surface area contributed by atoms with Crippen LogP contribution in [0.4, 0.5) is 0 Å². The molecule has 0 atom stereocenters. The molecular formula is C15H23NO2S. The molecule has 0 spiro atoms. The van der Waals surface area contributed by atoms with Crippen molar-refractivity contribution in [2.45, 2.75) is 39.4 Å². The summed E-state index contributed by atoms with van der Waals surface area (Å²) >= 11 is 4.96. The zero-order valence-electron chi connectivity index (χ0n) is 12.2. The number of thiocarbonyl (C=S) groups is 1. The highest BCUT2D eigenvalue weighted by Gasteiger charge is 2.15. The predicted molar refractivity (Wildman–Crippen MR) is 82.4 cm³/mol. The molecule has 0 fully saturated rings. The maximum absolute atomic E-state index is 5.69. The standard InChI is InChI=1S/C15H23NO2S/c1-11-9-12(14(16)19)5-6-13(11)10-18-8-7-15(2,3)17-4/h5-6,9H,7-8,10H2,1-4H3,(H2,16,19). The maximum Gasteiger partial charge on any atom is 0.103 e. The molecule has 0 unspecified atom stereocenters. The summed E-state index contributed by atoms with van der Waals surface area (Å²) in [5, 5.41) is 0. The van der Waals surface area contributed by atoms with E-state index in [1.807, 2.05) is 25.1 Å². The number of hydrogen-bond acceptors (Lipinski definition) is 3. The summed E-state index contributed by atoms with van der Waals surface area (Å²) in [6.07, 6.45) is 0.869. The normalized spacial score (nSPS) is 11.6. The van der Waals surface area contributed by atoms with E-state index in [4.69, 9.17) is 27.4 Å². The Morgan fingerprint density at radius 1 is 1.37 bits per heavy atom. The summed E-state index contributed by atoms with van der Waals surface area (Å²) in [6, 6.07) is 5.96. The van der Waals surface area contributed by atoms with Gasteiger partial charge in [0, 0.05) is 19.3 Å². The van der Waals surface area contributed by atoms with E-state index in [1.54, 1.807) is 7.11 Å². The Morgan fingerprint density at radius 3 is 2.58 bits per heavy atom. The van der Waals surface area contributed by atoms with Crippen molar-refractivity contribution in [3.63, 3.8) is 0 Å². The molecule has 1 aromatic rings. The van der Waals surface area contributed by atoms with E-state index in [-0.39, 0.29) is 5.60 Å². The van der Waals surface area contributed by atoms with Crippen LogP contribution in [0.25, 0.3) is 0 Å². The lowest BCUT2D eigenvalue weighted by Gasteiger charge is -2.22. The largest absolute Gasteiger partial charge is 0.389 e. The molecule has 0 aliphatic heterocycles. The fourth-order valence-corrected chi connectivity index (χ4v) is 1.74. The van der Waals surface area contributed by atoms with Crippen molar-refractivity contribution in [1.82, 2.24) is 0 Å². The fraction of sp³-hybridized carbons (Fsp3) is 0.533. The first-order chi connectivity index (χ1) is 8.85. The number of methoxy groups -OCH3 is 1. The molecule has 3 nitrogen and oxygen atoms in total. The second-order valence-electron chi connectivity index (χ2n) is 5.27. The molecule has 1 rings (SSSR count). The molecule has 19 heavy (non-hydrogen) atoms. The Morgan fingerprint density at radius 2 is 2.05 bits per heavy atom. The quantitative estimate of drug-likeness (QED) is 0.616. The number of benzene rings is 1. The topological polar surface area (TPSA) is 44.5 Å². The van der Waals surface area contributed by atoms with E-state index in [0.717, 1.165) is 23.1 Å². The number of hydrogen-bond donors (Lipinski definition) is 1. The Kier molecular flexibility index (Phi) is 5.91. The van der Waals surface area contributed by atoms with Gasteiger partial charge in [-0.3, -0.25) is 0 Å². The zero-order valence-corrected chi connectivity index (χ0v) is 13.0. The van der Waals surface area contributed by atoms with E-state index in [2.05, 4.69) is 13.8 Å². The molecule has 0 aliphatic carbocycles. The summed E-state index contributed by atoms with van der Waals surface area (Å²) < 4.78 is 11.0. The monoisotopic (exact) mass is 281 g/mol. The zero-order chi connectivity index (χ0) is 14.5. The van der Waals surface area contributed by atoms with Gasteiger partial charge in [0.2, 0.25) is 0 Å². The van der Waals surface area contributed by atoms with Crippen LogP contribution in [-0.4, -0.2) is 24.3 Å². The molecule has 0 radical (unpaired) electrons. The molecule has 0 saturated heterocycles. The van der Waals surface area contributed by atoms with Crippen LogP contribution in [0.3, 0.4) is 0 Å². The Balaban J connectivity index is 2.48. The second kappa shape index (κ2) is 6.98. The van der Waals surface area contributed by atoms with E-state index < -0.39 is 0 Å². The van der Waals surface area contributed by atoms with Gasteiger partial charge in [-0.25, -0.2) is 0 Å². The van der Waals surface area contributed by atoms with Crippen molar-refractivity contribution in [3.8, 4) is 0 Å². The molecule has 0 saturated carbocycles. The highest BCUT2D eigenvalue weighted by Crippen LogP contribution is 2.15. The third-order valence-electron chi connectivity index (χ3n) is 3.29. The maximum atomic E-state index is 5.69. The van der Waals surface area contributed by atoms with Gasteiger partial charge in [0.05, 0.1) is 12.2 Å². The van der Waals surface area contributed by atoms with Crippen LogP contribution < -0.4 is 5.73 Å². The van der Waals surface area contributed by atoms with Crippen molar-refractivity contribution in [1.29, 1.82) is 0 Å². The van der Waals surface area contributed by atoms with Crippen molar-refractivity contribution in [3.05, 3.63) is 34.9 Å². The predicted octanol–water partition coefficient (Wildman–Crippen LogP) is 2.96. The van der Waals surface area contributed by atoms with Crippen LogP contribution in [0.15, 0.2) is 18.2 Å². The van der Waals surface area contributed by atoms with Crippen LogP contribution in [-0.2, 0) is 16.1 Å². The minimum atomic E-state index is -0.134. The summed E-state index contributed by atoms with van der Waals surface area (Å²) in [7, 11) is 1.72. The fourth-order valence-electron chi connectivity index (χ4n) is 1.61. The molecule has 0 bridgehead atoms. The Hall–Kier alpha value is -0.970. The minimum absolute atomic E-state index is 0.134. The highest BCUT2D eigenvalue weighted by molar-refractivity contribution is 7.80. The first-order valence-electron chi connectivity index (χ1n) is 6.38. The lowest BCUT2D eigenvalue weighted by Crippen LogP contribution is -2.24. The second-order valence-corrected chi connectivity index (χ2v) is 5.71. The third kappa shape index (κ3) is 5.27. The smallest absolute Gasteiger partial charge is 0.103 e. The van der Waals surface area contributed by atoms with Crippen LogP contribution in [0.1, 0.15) is 37.0 Å². The molecule has 4 heteroatoms. The molecule has 2 N–H and O–H groups in total. The van der Waals surface area contributed by atoms with Crippen molar-refractivity contribution >= 4 is 17.2 Å². The van der Waals surface area contributed by atoms with Gasteiger partial charge in [-0.15, -0.1) is 0 Å². The lowest BCUT2D eigenvalue weighted by atomic mass is 10.1. The molecule has 0 aliphatic rings. The Labute approximate surface area is 121 Å². The van der Waals surface area contributed by atoms with Crippen LogP contribution in [0.5, 0.6) is 0 Å². The van der Waals surface area contributed by atoms with Crippen molar-refractivity contribution in [2.75, 3.05) is 13.7 Å². The van der Waals surface area contributed by atoms with Crippen molar-refractivity contribution < 1.29 is 9.47 Å². The number of nitrogens with two attached hydrogens (primary N) is 1. The number of rotatable bonds is 7. The molecule has 0 aromatic heterocycles. The van der Waals surface area contributed by atoms with E-state index in [0.29, 0.717) is 18.2 Å². The minimum Gasteiger partial charge on any atom is -0.389 e. The third-order valence-corrected chi connectivity index (χ3v) is 3.52. The highest BCUT2D eigenvalue weighted by atomic mass is 32.1. The van der Waals surface area contributed by atoms with E-state index >= 15 is 0 Å². The molecule has 106 valence electrons. The molecular weight excluding hydrogens is 258 g/mol. The number of aryl methyl sites for hydroxylation is 1. The van der Waals surface area contributed by atoms with E-state index in [9.17, 15) is 0 Å². The number of ether oxygens (including phenoxy) is 2. The summed E-state index contributed by atoms with van der Waals surface area (Å²) in [4.78, 5) is 0.428. The molecule has 0 amide bonds. The van der Waals surface area contributed by atoms with Gasteiger partial charge in [-0.2, -0.15) is 0 Å². The van der Waals surface area contributed by atoms with Crippen LogP contribution in [0, 0.1) is 6.92 Å². The van der Waals surface area contributed by atoms with E-state index in [1.165, 1.54) is 0 Å². The van der Waals surface area contributed by atoms with Gasteiger partial charge in [-0.05, 0) is 44.4 Å². The first kappa shape index (κ1) is 16.1. The van der Waals surface area contributed by atoms with Crippen LogP contribution >= 0.6 is 12.2 Å². The molecule has 0 heterocycles. The average molecular weight is 281 g/mol. The van der Waals surface area contributed by atoms with Gasteiger partial charge < -0.3 is 15.2 Å². The summed E-state index contributed by atoms with van der Waals surface area (Å²) in [5.74, 6) is 0. The summed E-state index contributed by atoms with van der Waals surface area (Å²) in [6.45, 7) is 7.43. The molecule has 1 aromatic carbocycles. The van der Waals surface area contributed by atoms with Gasteiger partial charge in [0.25, 0.3) is 0 Å². The van der Waals surface area contributed by atoms with Crippen LogP contribution in [0.2, 0.25) is 0 Å². The van der Waals surface area contributed by atoms with Crippen molar-refractivity contribution in [2.24, 2.45) is 5.73 Å². The lowest BCUT2D eigenvalue weighted by molar-refractivity contribution is -0.0125. The SMILES string of the molecule is COC(C)(C)CCOCc1ccc(C(N)=S)cc1C. The van der Waals surface area contributed by atoms with Gasteiger partial charge in [-0.1, -0.05) is 24.4 Å². The van der Waals surface area contributed by atoms with Gasteiger partial charge in [0.1, 0.15) is 4.99 Å². The first-order valence-corrected chi connectivity index (χ1v) is 6.79. The van der Waals surface area contributed by atoms with Gasteiger partial charge in [0.15, 0.2) is 0 Å². The summed E-state index contributed by atoms with van der Waals surface area (Å²) in [5.41, 5.74) is 8.68. The van der Waals surface area contributed by atoms with Gasteiger partial charge >= 0.3 is 0 Å².